The van der Waals surface area contributed by atoms with Crippen molar-refractivity contribution in [2.75, 3.05) is 0 Å². The van der Waals surface area contributed by atoms with Gasteiger partial charge in [0.25, 0.3) is 0 Å². The predicted octanol–water partition coefficient (Wildman–Crippen LogP) is 2.29. The summed E-state index contributed by atoms with van der Waals surface area (Å²) >= 11 is 0. The van der Waals surface area contributed by atoms with E-state index < -0.39 is 0 Å². The summed E-state index contributed by atoms with van der Waals surface area (Å²) in [6.07, 6.45) is 2.50. The molecular weight excluding hydrogens is 248 g/mol. The predicted molar refractivity (Wildman–Crippen MR) is 80.2 cm³/mol. The molecule has 0 radical (unpaired) electrons. The summed E-state index contributed by atoms with van der Waals surface area (Å²) in [6.45, 7) is 0. The maximum absolute atomic E-state index is 12.4. The minimum atomic E-state index is 0.134. The lowest BCUT2D eigenvalue weighted by Gasteiger charge is -2.04. The summed E-state index contributed by atoms with van der Waals surface area (Å²) < 4.78 is 0. The molecule has 0 saturated carbocycles. The zero-order valence-electron chi connectivity index (χ0n) is 11.3. The molecule has 0 spiro atoms. The first-order chi connectivity index (χ1) is 9.75. The van der Waals surface area contributed by atoms with Crippen molar-refractivity contribution in [3.63, 3.8) is 0 Å². The zero-order valence-corrected chi connectivity index (χ0v) is 11.3. The van der Waals surface area contributed by atoms with E-state index in [2.05, 4.69) is 0 Å². The molecule has 0 unspecified atom stereocenters. The number of rotatable bonds is 0. The number of fused-ring (bicyclic) bond motifs is 4. The third kappa shape index (κ3) is 2.42. The molecule has 1 aliphatic rings. The lowest BCUT2D eigenvalue weighted by Crippen LogP contribution is -2.19. The van der Waals surface area contributed by atoms with Crippen LogP contribution in [0.4, 0.5) is 0 Å². The lowest BCUT2D eigenvalue weighted by atomic mass is 9.98. The summed E-state index contributed by atoms with van der Waals surface area (Å²) in [7, 11) is 0. The Morgan fingerprint density at radius 2 is 0.750 bits per heavy atom. The van der Waals surface area contributed by atoms with E-state index in [9.17, 15) is 9.59 Å². The Morgan fingerprint density at radius 3 is 1.00 bits per heavy atom. The third-order valence-corrected chi connectivity index (χ3v) is 3.91. The molecule has 0 heterocycles. The van der Waals surface area contributed by atoms with Crippen molar-refractivity contribution in [2.45, 2.75) is 25.7 Å². The second kappa shape index (κ2) is 5.41. The fourth-order valence-corrected chi connectivity index (χ4v) is 2.73. The zero-order chi connectivity index (χ0) is 13.9. The van der Waals surface area contributed by atoms with Crippen molar-refractivity contribution in [3.05, 3.63) is 91.2 Å². The van der Waals surface area contributed by atoms with E-state index in [0.717, 1.165) is 22.3 Å². The van der Waals surface area contributed by atoms with E-state index >= 15 is 0 Å². The van der Waals surface area contributed by atoms with Gasteiger partial charge in [-0.2, -0.15) is 0 Å². The molecule has 2 nitrogen and oxygen atoms in total. The highest BCUT2D eigenvalue weighted by molar-refractivity contribution is 5.29. The third-order valence-electron chi connectivity index (χ3n) is 3.91. The second-order valence-electron chi connectivity index (χ2n) is 5.20. The molecule has 2 heteroatoms. The molecule has 2 aromatic carbocycles. The average Bonchev–Trinajstić information content (AvgIpc) is 2.71. The Hall–Kier alpha value is -2.22. The summed E-state index contributed by atoms with van der Waals surface area (Å²) in [5.74, 6) is 0. The van der Waals surface area contributed by atoms with Gasteiger partial charge in [0.2, 0.25) is 0 Å². The molecule has 0 fully saturated rings. The van der Waals surface area contributed by atoms with Gasteiger partial charge in [-0.3, -0.25) is 9.59 Å². The molecule has 0 aromatic heterocycles. The van der Waals surface area contributed by atoms with E-state index in [1.165, 1.54) is 0 Å². The second-order valence-corrected chi connectivity index (χ2v) is 5.20. The molecule has 0 amide bonds. The van der Waals surface area contributed by atoms with Gasteiger partial charge in [-0.25, -0.2) is 0 Å². The molecule has 1 aliphatic carbocycles. The molecule has 2 aromatic rings. The van der Waals surface area contributed by atoms with Crippen LogP contribution < -0.4 is 10.9 Å². The highest BCUT2D eigenvalue weighted by Crippen LogP contribution is 2.08. The smallest absolute Gasteiger partial charge is 0.185 e. The van der Waals surface area contributed by atoms with Crippen LogP contribution in [0.2, 0.25) is 0 Å². The van der Waals surface area contributed by atoms with E-state index in [0.29, 0.717) is 25.7 Å². The standard InChI is InChI=1S/C18H16O2/c19-17-13-5-1-2-6-14(17)11-12-16-8-4-3-7-15(10-9-13)18(16)20/h1-8H,9-12H2. The first kappa shape index (κ1) is 12.8. The van der Waals surface area contributed by atoms with Crippen LogP contribution in [0.15, 0.2) is 58.1 Å². The van der Waals surface area contributed by atoms with Gasteiger partial charge < -0.3 is 0 Å². The molecular formula is C18H16O2. The first-order valence-electron chi connectivity index (χ1n) is 6.98. The highest BCUT2D eigenvalue weighted by atomic mass is 16.1. The van der Waals surface area contributed by atoms with Gasteiger partial charge in [-0.1, -0.05) is 48.5 Å². The summed E-state index contributed by atoms with van der Waals surface area (Å²) in [5.41, 5.74) is 3.49. The Kier molecular flexibility index (Phi) is 3.46. The summed E-state index contributed by atoms with van der Waals surface area (Å²) in [5, 5.41) is 0. The fraction of sp³-hybridized carbons (Fsp3) is 0.222. The number of aryl methyl sites for hydroxylation is 4. The number of hydrogen-bond acceptors (Lipinski definition) is 2. The SMILES string of the molecule is O=c1c2ccccc1CCc1ccccc(c1=O)CC2. The molecule has 0 aliphatic heterocycles. The Balaban J connectivity index is 2.18. The van der Waals surface area contributed by atoms with E-state index in [4.69, 9.17) is 0 Å². The van der Waals surface area contributed by atoms with Crippen LogP contribution in [0.25, 0.3) is 0 Å². The molecule has 20 heavy (non-hydrogen) atoms. The van der Waals surface area contributed by atoms with Crippen LogP contribution in [0.1, 0.15) is 22.3 Å². The molecule has 100 valence electrons. The largest absolute Gasteiger partial charge is 0.289 e. The molecule has 4 bridgehead atoms. The van der Waals surface area contributed by atoms with Crippen LogP contribution in [-0.2, 0) is 25.7 Å². The van der Waals surface area contributed by atoms with Crippen molar-refractivity contribution in [2.24, 2.45) is 0 Å². The van der Waals surface area contributed by atoms with Crippen molar-refractivity contribution < 1.29 is 0 Å². The van der Waals surface area contributed by atoms with Crippen LogP contribution in [0.5, 0.6) is 0 Å². The number of hydrogen-bond donors (Lipinski definition) is 0. The van der Waals surface area contributed by atoms with Crippen molar-refractivity contribution >= 4 is 0 Å². The summed E-state index contributed by atoms with van der Waals surface area (Å²) in [6, 6.07) is 15.1. The van der Waals surface area contributed by atoms with Crippen LogP contribution in [-0.4, -0.2) is 0 Å². The van der Waals surface area contributed by atoms with Gasteiger partial charge in [-0.05, 0) is 25.7 Å². The first-order valence-corrected chi connectivity index (χ1v) is 6.98. The lowest BCUT2D eigenvalue weighted by molar-refractivity contribution is 0.889. The topological polar surface area (TPSA) is 34.1 Å². The average molecular weight is 264 g/mol. The van der Waals surface area contributed by atoms with Crippen LogP contribution >= 0.6 is 0 Å². The monoisotopic (exact) mass is 264 g/mol. The minimum absolute atomic E-state index is 0.134. The Morgan fingerprint density at radius 1 is 0.500 bits per heavy atom. The van der Waals surface area contributed by atoms with Crippen molar-refractivity contribution in [1.29, 1.82) is 0 Å². The van der Waals surface area contributed by atoms with Gasteiger partial charge in [0.15, 0.2) is 10.9 Å². The van der Waals surface area contributed by atoms with Gasteiger partial charge in [-0.15, -0.1) is 0 Å². The van der Waals surface area contributed by atoms with Crippen molar-refractivity contribution in [1.82, 2.24) is 0 Å². The molecule has 0 saturated heterocycles. The van der Waals surface area contributed by atoms with E-state index in [1.54, 1.807) is 0 Å². The maximum Gasteiger partial charge on any atom is 0.185 e. The maximum atomic E-state index is 12.4. The summed E-state index contributed by atoms with van der Waals surface area (Å²) in [4.78, 5) is 24.9. The van der Waals surface area contributed by atoms with Gasteiger partial charge in [0, 0.05) is 22.3 Å². The molecule has 0 atom stereocenters. The van der Waals surface area contributed by atoms with E-state index in [1.807, 2.05) is 48.5 Å². The minimum Gasteiger partial charge on any atom is -0.289 e. The van der Waals surface area contributed by atoms with Gasteiger partial charge in [0.05, 0.1) is 0 Å². The van der Waals surface area contributed by atoms with Gasteiger partial charge >= 0.3 is 0 Å². The van der Waals surface area contributed by atoms with Crippen molar-refractivity contribution in [3.8, 4) is 0 Å². The molecule has 3 rings (SSSR count). The quantitative estimate of drug-likeness (QED) is 0.731. The van der Waals surface area contributed by atoms with Crippen LogP contribution in [0, 0.1) is 0 Å². The Bertz CT molecular complexity index is 637. The fourth-order valence-electron chi connectivity index (χ4n) is 2.73. The molecule has 0 N–H and O–H groups in total. The Labute approximate surface area is 117 Å². The van der Waals surface area contributed by atoms with E-state index in [-0.39, 0.29) is 10.9 Å². The normalized spacial score (nSPS) is 13.6. The van der Waals surface area contributed by atoms with Gasteiger partial charge in [0.1, 0.15) is 0 Å². The highest BCUT2D eigenvalue weighted by Gasteiger charge is 2.10. The van der Waals surface area contributed by atoms with Crippen LogP contribution in [0.3, 0.4) is 0 Å².